The minimum absolute atomic E-state index is 0.0130. The molecule has 0 bridgehead atoms. The van der Waals surface area contributed by atoms with E-state index < -0.39 is 29.6 Å². The highest BCUT2D eigenvalue weighted by Crippen LogP contribution is 2.13. The fourth-order valence-corrected chi connectivity index (χ4v) is 4.55. The smallest absolute Gasteiger partial charge is 0.335 e. The van der Waals surface area contributed by atoms with Crippen LogP contribution in [0, 0.1) is 0 Å². The van der Waals surface area contributed by atoms with Crippen molar-refractivity contribution in [3.05, 3.63) is 24.3 Å². The fraction of sp³-hybridized carbons (Fsp3) is 0.684. The number of hydroxylamine groups is 2. The van der Waals surface area contributed by atoms with E-state index in [1.807, 2.05) is 0 Å². The van der Waals surface area contributed by atoms with Gasteiger partial charge in [0.05, 0.1) is 11.8 Å². The molecule has 0 unspecified atom stereocenters. The van der Waals surface area contributed by atoms with Gasteiger partial charge in [-0.05, 0) is 58.3 Å². The molecule has 0 saturated carbocycles. The molecule has 3 rings (SSSR count). The molecule has 56 heavy (non-hydrogen) atoms. The standard InChI is InChI=1S/C14H21NO4.C11H10N2O6.C6H15NO.C6H15N.CH2Cl2/c1-2-10-19-11-4-3-5-12(16)8-9-15-13(17)6-7-14(15)18;14-7-1-2-8(15)12(7)6-5-11(18)19-13-9(16)3-4-10(13)17;1-2-5-8-6-3-4-7;1-4-7(5-2)6-3;2-1-3/h6-7H,2-5,8-11H2,1H3;1-2H,3-6H2;2-7H2,1H3;4-6H2,1-3H3;1H2. The molecular weight excluding hydrogens is 773 g/mol. The number of nitrogens with two attached hydrogens (primary N) is 1. The third-order valence-electron chi connectivity index (χ3n) is 7.68. The minimum atomic E-state index is -0.851. The average molecular weight is 837 g/mol. The summed E-state index contributed by atoms with van der Waals surface area (Å²) in [5.74, 6) is -3.59. The van der Waals surface area contributed by atoms with Crippen LogP contribution >= 0.6 is 23.2 Å². The van der Waals surface area contributed by atoms with Crippen LogP contribution in [0.5, 0.6) is 0 Å². The Kier molecular flexibility index (Phi) is 34.9. The van der Waals surface area contributed by atoms with Gasteiger partial charge in [0, 0.05) is 89.5 Å². The van der Waals surface area contributed by atoms with Crippen molar-refractivity contribution in [1.82, 2.24) is 19.8 Å². The summed E-state index contributed by atoms with van der Waals surface area (Å²) in [7, 11) is 0. The highest BCUT2D eigenvalue weighted by molar-refractivity contribution is 6.40. The second-order valence-corrected chi connectivity index (χ2v) is 12.8. The second kappa shape index (κ2) is 35.8. The van der Waals surface area contributed by atoms with E-state index in [0.29, 0.717) is 18.1 Å². The first kappa shape index (κ1) is 54.6. The number of ether oxygens (including phenoxy) is 2. The number of alkyl halides is 2. The van der Waals surface area contributed by atoms with E-state index in [1.54, 1.807) is 0 Å². The topological polar surface area (TPSA) is 203 Å². The minimum Gasteiger partial charge on any atom is -0.381 e. The monoisotopic (exact) mass is 835 g/mol. The van der Waals surface area contributed by atoms with E-state index in [9.17, 15) is 38.4 Å². The summed E-state index contributed by atoms with van der Waals surface area (Å²) in [6, 6.07) is 0. The lowest BCUT2D eigenvalue weighted by Crippen LogP contribution is -2.35. The predicted molar refractivity (Wildman–Crippen MR) is 213 cm³/mol. The molecule has 18 heteroatoms. The summed E-state index contributed by atoms with van der Waals surface area (Å²) in [6.45, 7) is 18.2. The molecule has 0 aromatic rings. The van der Waals surface area contributed by atoms with Gasteiger partial charge in [-0.15, -0.1) is 28.3 Å². The summed E-state index contributed by atoms with van der Waals surface area (Å²) in [6.07, 6.45) is 9.90. The van der Waals surface area contributed by atoms with E-state index in [1.165, 1.54) is 31.8 Å². The molecule has 0 atom stereocenters. The molecule has 3 heterocycles. The van der Waals surface area contributed by atoms with Gasteiger partial charge in [-0.25, -0.2) is 4.79 Å². The molecule has 320 valence electrons. The zero-order valence-electron chi connectivity index (χ0n) is 33.8. The molecule has 16 nitrogen and oxygen atoms in total. The molecule has 1 saturated heterocycles. The maximum Gasteiger partial charge on any atom is 0.335 e. The number of carbonyl (C=O) groups excluding carboxylic acids is 8. The fourth-order valence-electron chi connectivity index (χ4n) is 4.55. The van der Waals surface area contributed by atoms with Crippen molar-refractivity contribution in [1.29, 1.82) is 0 Å². The Morgan fingerprint density at radius 1 is 0.643 bits per heavy atom. The van der Waals surface area contributed by atoms with Gasteiger partial charge in [-0.3, -0.25) is 43.4 Å². The summed E-state index contributed by atoms with van der Waals surface area (Å²) in [5, 5.41) is 0.619. The van der Waals surface area contributed by atoms with Crippen LogP contribution in [0.4, 0.5) is 0 Å². The van der Waals surface area contributed by atoms with Crippen molar-refractivity contribution < 1.29 is 52.7 Å². The van der Waals surface area contributed by atoms with E-state index in [0.717, 1.165) is 80.4 Å². The Labute approximate surface area is 341 Å². The Morgan fingerprint density at radius 2 is 1.05 bits per heavy atom. The van der Waals surface area contributed by atoms with Crippen molar-refractivity contribution >= 4 is 70.4 Å². The van der Waals surface area contributed by atoms with E-state index in [4.69, 9.17) is 38.4 Å². The SMILES string of the molecule is CCCOCCCCC(=O)CCN1C(=O)C=CC1=O.CCCOCCCN.CCN(CC)CC.ClCCl.O=C(CCN1C(=O)C=CC1=O)ON1C(=O)CCC1=O. The number of rotatable bonds is 22. The molecule has 0 radical (unpaired) electrons. The first-order chi connectivity index (χ1) is 26.8. The molecule has 3 aliphatic heterocycles. The van der Waals surface area contributed by atoms with Gasteiger partial charge in [-0.2, -0.15) is 0 Å². The number of imide groups is 3. The van der Waals surface area contributed by atoms with Crippen LogP contribution < -0.4 is 5.73 Å². The Morgan fingerprint density at radius 3 is 1.43 bits per heavy atom. The lowest BCUT2D eigenvalue weighted by atomic mass is 10.1. The van der Waals surface area contributed by atoms with Crippen LogP contribution in [0.15, 0.2) is 24.3 Å². The molecule has 0 aromatic heterocycles. The molecule has 0 aromatic carbocycles. The predicted octanol–water partition coefficient (Wildman–Crippen LogP) is 3.91. The zero-order valence-corrected chi connectivity index (χ0v) is 35.3. The number of hydrogen-bond acceptors (Lipinski definition) is 13. The largest absolute Gasteiger partial charge is 0.381 e. The molecular formula is C38H63Cl2N5O11. The lowest BCUT2D eigenvalue weighted by molar-refractivity contribution is -0.197. The van der Waals surface area contributed by atoms with Crippen molar-refractivity contribution in [2.24, 2.45) is 5.73 Å². The van der Waals surface area contributed by atoms with Crippen molar-refractivity contribution in [2.75, 3.05) is 71.0 Å². The maximum absolute atomic E-state index is 11.6. The molecule has 6 amide bonds. The molecule has 1 fully saturated rings. The van der Waals surface area contributed by atoms with Crippen molar-refractivity contribution in [2.45, 2.75) is 98.8 Å². The summed E-state index contributed by atoms with van der Waals surface area (Å²) >= 11 is 9.53. The number of carbonyl (C=O) groups is 8. The van der Waals surface area contributed by atoms with Gasteiger partial charge in [-0.1, -0.05) is 34.6 Å². The van der Waals surface area contributed by atoms with Crippen LogP contribution in [-0.4, -0.2) is 138 Å². The Balaban J connectivity index is 0. The van der Waals surface area contributed by atoms with E-state index in [2.05, 4.69) is 44.4 Å². The lowest BCUT2D eigenvalue weighted by Gasteiger charge is -2.15. The van der Waals surface area contributed by atoms with Crippen LogP contribution in [0.3, 0.4) is 0 Å². The highest BCUT2D eigenvalue weighted by atomic mass is 35.5. The quantitative estimate of drug-likeness (QED) is 0.0935. The van der Waals surface area contributed by atoms with Gasteiger partial charge < -0.3 is 24.9 Å². The summed E-state index contributed by atoms with van der Waals surface area (Å²) < 4.78 is 10.5. The normalized spacial score (nSPS) is 14.3. The van der Waals surface area contributed by atoms with Gasteiger partial charge >= 0.3 is 5.97 Å². The summed E-state index contributed by atoms with van der Waals surface area (Å²) in [4.78, 5) is 99.2. The molecule has 2 N–H and O–H groups in total. The van der Waals surface area contributed by atoms with Gasteiger partial charge in [0.15, 0.2) is 0 Å². The van der Waals surface area contributed by atoms with Crippen molar-refractivity contribution in [3.63, 3.8) is 0 Å². The molecule has 0 spiro atoms. The van der Waals surface area contributed by atoms with Crippen LogP contribution in [0.2, 0.25) is 0 Å². The molecule has 0 aliphatic carbocycles. The number of halogens is 2. The number of nitrogens with zero attached hydrogens (tertiary/aromatic N) is 4. The number of unbranched alkanes of at least 4 members (excludes halogenated alkanes) is 1. The average Bonchev–Trinajstić information content (AvgIpc) is 3.80. The molecule has 3 aliphatic rings. The van der Waals surface area contributed by atoms with Gasteiger partial charge in [0.25, 0.3) is 35.4 Å². The maximum atomic E-state index is 11.6. The second-order valence-electron chi connectivity index (χ2n) is 12.0. The van der Waals surface area contributed by atoms with Crippen molar-refractivity contribution in [3.8, 4) is 0 Å². The van der Waals surface area contributed by atoms with Crippen LogP contribution in [0.25, 0.3) is 0 Å². The van der Waals surface area contributed by atoms with Crippen LogP contribution in [-0.2, 0) is 52.7 Å². The number of amides is 6. The highest BCUT2D eigenvalue weighted by Gasteiger charge is 2.33. The van der Waals surface area contributed by atoms with E-state index in [-0.39, 0.29) is 61.7 Å². The van der Waals surface area contributed by atoms with Gasteiger partial charge in [0.1, 0.15) is 5.78 Å². The first-order valence-electron chi connectivity index (χ1n) is 19.2. The zero-order chi connectivity index (χ0) is 42.7. The summed E-state index contributed by atoms with van der Waals surface area (Å²) in [5.41, 5.74) is 5.23. The number of ketones is 1. The Bertz CT molecular complexity index is 1200. The van der Waals surface area contributed by atoms with E-state index >= 15 is 0 Å². The number of hydrogen-bond donors (Lipinski definition) is 1. The number of Topliss-reactive ketones (excluding diaryl/α,β-unsaturated/α-hetero) is 1. The third-order valence-corrected chi connectivity index (χ3v) is 7.68. The van der Waals surface area contributed by atoms with Gasteiger partial charge in [0.2, 0.25) is 0 Å². The third kappa shape index (κ3) is 26.3. The first-order valence-corrected chi connectivity index (χ1v) is 20.2. The Hall–Kier alpha value is -3.54. The van der Waals surface area contributed by atoms with Crippen LogP contribution in [0.1, 0.15) is 98.8 Å².